The van der Waals surface area contributed by atoms with Crippen molar-refractivity contribution in [1.29, 1.82) is 0 Å². The van der Waals surface area contributed by atoms with Crippen molar-refractivity contribution in [2.24, 2.45) is 0 Å². The first kappa shape index (κ1) is 21.6. The summed E-state index contributed by atoms with van der Waals surface area (Å²) in [5.41, 5.74) is 1.81. The van der Waals surface area contributed by atoms with Gasteiger partial charge in [0.1, 0.15) is 12.4 Å². The van der Waals surface area contributed by atoms with Crippen LogP contribution >= 0.6 is 11.6 Å². The topological polar surface area (TPSA) is 94.4 Å². The molecule has 0 spiro atoms. The summed E-state index contributed by atoms with van der Waals surface area (Å²) in [6.45, 7) is 1.08. The molecule has 0 saturated carbocycles. The number of sulfone groups is 1. The van der Waals surface area contributed by atoms with Gasteiger partial charge in [-0.2, -0.15) is 0 Å². The van der Waals surface area contributed by atoms with E-state index < -0.39 is 9.84 Å². The van der Waals surface area contributed by atoms with E-state index in [1.165, 1.54) is 4.68 Å². The largest absolute Gasteiger partial charge is 0.370 e. The Morgan fingerprint density at radius 3 is 2.48 bits per heavy atom. The van der Waals surface area contributed by atoms with Gasteiger partial charge in [0.15, 0.2) is 9.84 Å². The zero-order valence-corrected chi connectivity index (χ0v) is 19.0. The Morgan fingerprint density at radius 1 is 0.970 bits per heavy atom. The number of rotatable bonds is 5. The lowest BCUT2D eigenvalue weighted by Gasteiger charge is -2.26. The second kappa shape index (κ2) is 8.58. The minimum absolute atomic E-state index is 0.0770. The smallest absolute Gasteiger partial charge is 0.253 e. The highest BCUT2D eigenvalue weighted by Gasteiger charge is 2.21. The Hall–Kier alpha value is -3.27. The molecule has 8 nitrogen and oxygen atoms in total. The minimum Gasteiger partial charge on any atom is -0.370 e. The third kappa shape index (κ3) is 4.47. The highest BCUT2D eigenvalue weighted by molar-refractivity contribution is 7.90. The van der Waals surface area contributed by atoms with E-state index in [2.05, 4.69) is 10.3 Å². The van der Waals surface area contributed by atoms with Gasteiger partial charge in [-0.05, 0) is 59.3 Å². The first-order valence-electron chi connectivity index (χ1n) is 10.2. The van der Waals surface area contributed by atoms with Gasteiger partial charge in [-0.25, -0.2) is 13.1 Å². The van der Waals surface area contributed by atoms with Crippen molar-refractivity contribution in [3.63, 3.8) is 0 Å². The number of hydrogen-bond donors (Lipinski definition) is 0. The van der Waals surface area contributed by atoms with Gasteiger partial charge in [-0.3, -0.25) is 4.79 Å². The number of fused-ring (bicyclic) bond motifs is 1. The van der Waals surface area contributed by atoms with Crippen LogP contribution in [-0.4, -0.2) is 49.1 Å². The van der Waals surface area contributed by atoms with Gasteiger partial charge in [-0.15, -0.1) is 5.10 Å². The zero-order chi connectivity index (χ0) is 23.0. The summed E-state index contributed by atoms with van der Waals surface area (Å²) in [4.78, 5) is 13.9. The fraction of sp³-hybridized carbons (Fsp3) is 0.174. The summed E-state index contributed by atoms with van der Waals surface area (Å²) in [5, 5.41) is 10.4. The molecule has 10 heteroatoms. The van der Waals surface area contributed by atoms with Crippen molar-refractivity contribution in [2.45, 2.75) is 10.6 Å². The van der Waals surface area contributed by atoms with Gasteiger partial charge in [0.25, 0.3) is 5.91 Å². The van der Waals surface area contributed by atoms with E-state index in [-0.39, 0.29) is 23.2 Å². The van der Waals surface area contributed by atoms with Crippen LogP contribution in [0.25, 0.3) is 16.5 Å². The Kier molecular flexibility index (Phi) is 5.61. The number of anilines is 1. The number of nitrogens with zero attached hydrogens (tertiary/aromatic N) is 4. The van der Waals surface area contributed by atoms with Crippen LogP contribution in [0.2, 0.25) is 5.02 Å². The van der Waals surface area contributed by atoms with Gasteiger partial charge >= 0.3 is 0 Å². The molecule has 1 fully saturated rings. The molecule has 1 aliphatic heterocycles. The molecule has 0 atom stereocenters. The van der Waals surface area contributed by atoms with E-state index in [4.69, 9.17) is 16.3 Å². The second-order valence-corrected chi connectivity index (χ2v) is 10.1. The SMILES string of the molecule is O=C1COCCN1c1ccc(-n2cc(CS(=O)(=O)c3ccc4cc(Cl)ccc4c3)nn2)cc1. The molecular formula is C23H19ClN4O4S. The Labute approximate surface area is 195 Å². The molecule has 0 unspecified atom stereocenters. The molecular weight excluding hydrogens is 464 g/mol. The van der Waals surface area contributed by atoms with Crippen molar-refractivity contribution >= 4 is 43.8 Å². The summed E-state index contributed by atoms with van der Waals surface area (Å²) in [6, 6.07) is 17.5. The Morgan fingerprint density at radius 2 is 1.70 bits per heavy atom. The molecule has 1 aliphatic rings. The lowest BCUT2D eigenvalue weighted by molar-refractivity contribution is -0.125. The van der Waals surface area contributed by atoms with E-state index >= 15 is 0 Å². The molecule has 5 rings (SSSR count). The normalized spacial score (nSPS) is 14.7. The molecule has 0 N–H and O–H groups in total. The molecule has 4 aromatic rings. The summed E-state index contributed by atoms with van der Waals surface area (Å²) >= 11 is 6.00. The van der Waals surface area contributed by atoms with E-state index in [1.54, 1.807) is 59.6 Å². The van der Waals surface area contributed by atoms with Gasteiger partial charge < -0.3 is 9.64 Å². The van der Waals surface area contributed by atoms with Crippen LogP contribution in [-0.2, 0) is 25.1 Å². The molecule has 0 bridgehead atoms. The van der Waals surface area contributed by atoms with Crippen molar-refractivity contribution in [3.05, 3.63) is 77.6 Å². The summed E-state index contributed by atoms with van der Waals surface area (Å²) in [7, 11) is -3.62. The first-order chi connectivity index (χ1) is 15.9. The average Bonchev–Trinajstić information content (AvgIpc) is 3.27. The van der Waals surface area contributed by atoms with Crippen molar-refractivity contribution in [2.75, 3.05) is 24.7 Å². The van der Waals surface area contributed by atoms with Crippen LogP contribution in [0, 0.1) is 0 Å². The number of morpholine rings is 1. The fourth-order valence-corrected chi connectivity index (χ4v) is 5.18. The standard InChI is InChI=1S/C23H19ClN4O4S/c24-18-3-1-17-12-22(8-2-16(17)11-18)33(30,31)15-19-13-28(26-25-19)21-6-4-20(5-7-21)27-9-10-32-14-23(27)29/h1-8,11-13H,9-10,14-15H2. The molecule has 3 aromatic carbocycles. The maximum absolute atomic E-state index is 13.0. The molecule has 1 saturated heterocycles. The Balaban J connectivity index is 1.34. The number of benzene rings is 3. The van der Waals surface area contributed by atoms with Gasteiger partial charge in [0.2, 0.25) is 0 Å². The third-order valence-electron chi connectivity index (χ3n) is 5.42. The maximum Gasteiger partial charge on any atom is 0.253 e. The van der Waals surface area contributed by atoms with Crippen LogP contribution in [0.1, 0.15) is 5.69 Å². The molecule has 1 aromatic heterocycles. The number of halogens is 1. The quantitative estimate of drug-likeness (QED) is 0.432. The number of amides is 1. The average molecular weight is 483 g/mol. The second-order valence-electron chi connectivity index (χ2n) is 7.68. The number of ether oxygens (including phenoxy) is 1. The first-order valence-corrected chi connectivity index (χ1v) is 12.2. The minimum atomic E-state index is -3.62. The Bertz CT molecular complexity index is 1450. The predicted molar refractivity (Wildman–Crippen MR) is 124 cm³/mol. The zero-order valence-electron chi connectivity index (χ0n) is 17.4. The van der Waals surface area contributed by atoms with Crippen LogP contribution < -0.4 is 4.90 Å². The number of hydrogen-bond acceptors (Lipinski definition) is 6. The maximum atomic E-state index is 13.0. The third-order valence-corrected chi connectivity index (χ3v) is 7.31. The monoisotopic (exact) mass is 482 g/mol. The fourth-order valence-electron chi connectivity index (χ4n) is 3.73. The molecule has 168 valence electrons. The lowest BCUT2D eigenvalue weighted by Crippen LogP contribution is -2.41. The predicted octanol–water partition coefficient (Wildman–Crippen LogP) is 3.41. The van der Waals surface area contributed by atoms with E-state index in [0.717, 1.165) is 16.5 Å². The number of carbonyl (C=O) groups is 1. The van der Waals surface area contributed by atoms with Crippen LogP contribution in [0.15, 0.2) is 71.8 Å². The van der Waals surface area contributed by atoms with E-state index in [9.17, 15) is 13.2 Å². The van der Waals surface area contributed by atoms with E-state index in [1.807, 2.05) is 12.1 Å². The van der Waals surface area contributed by atoms with Crippen LogP contribution in [0.4, 0.5) is 5.69 Å². The van der Waals surface area contributed by atoms with E-state index in [0.29, 0.717) is 29.6 Å². The lowest BCUT2D eigenvalue weighted by atomic mass is 10.1. The molecule has 1 amide bonds. The number of aromatic nitrogens is 3. The summed E-state index contributed by atoms with van der Waals surface area (Å²) < 4.78 is 32.6. The summed E-state index contributed by atoms with van der Waals surface area (Å²) in [5.74, 6) is -0.356. The van der Waals surface area contributed by atoms with Gasteiger partial charge in [0.05, 0.1) is 29.1 Å². The van der Waals surface area contributed by atoms with Crippen molar-refractivity contribution in [1.82, 2.24) is 15.0 Å². The number of carbonyl (C=O) groups excluding carboxylic acids is 1. The van der Waals surface area contributed by atoms with Gasteiger partial charge in [0, 0.05) is 17.3 Å². The van der Waals surface area contributed by atoms with Crippen LogP contribution in [0.5, 0.6) is 0 Å². The van der Waals surface area contributed by atoms with Crippen molar-refractivity contribution < 1.29 is 17.9 Å². The highest BCUT2D eigenvalue weighted by Crippen LogP contribution is 2.25. The molecule has 2 heterocycles. The van der Waals surface area contributed by atoms with Crippen molar-refractivity contribution in [3.8, 4) is 5.69 Å². The molecule has 0 radical (unpaired) electrons. The van der Waals surface area contributed by atoms with Crippen LogP contribution in [0.3, 0.4) is 0 Å². The highest BCUT2D eigenvalue weighted by atomic mass is 35.5. The molecule has 0 aliphatic carbocycles. The van der Waals surface area contributed by atoms with Gasteiger partial charge in [-0.1, -0.05) is 28.9 Å². The molecule has 33 heavy (non-hydrogen) atoms. The summed E-state index contributed by atoms with van der Waals surface area (Å²) in [6.07, 6.45) is 1.59.